The van der Waals surface area contributed by atoms with Crippen molar-refractivity contribution in [1.82, 2.24) is 34.1 Å². The van der Waals surface area contributed by atoms with Crippen molar-refractivity contribution in [3.8, 4) is 11.3 Å². The van der Waals surface area contributed by atoms with Crippen LogP contribution in [0.25, 0.3) is 11.3 Å². The average molecular weight is 753 g/mol. The van der Waals surface area contributed by atoms with E-state index < -0.39 is 23.8 Å². The molecular weight excluding hydrogens is 721 g/mol. The van der Waals surface area contributed by atoms with Gasteiger partial charge in [0.1, 0.15) is 0 Å². The summed E-state index contributed by atoms with van der Waals surface area (Å²) in [7, 11) is 1.42. The number of benzene rings is 1. The Morgan fingerprint density at radius 2 is 1.71 bits per heavy atom. The van der Waals surface area contributed by atoms with E-state index in [2.05, 4.69) is 20.4 Å². The standard InChI is InChI=1S/C29H29ClF3N9O3.3ClH/c1-17(34)27(44)40-8-10-41(11-9-40)28(45)20-6-5-19(12-22(20)30)37-26(43)25-36-14-23(39(25)2)21-16-42(38-24(21)29(31,32)33)15-18-4-3-7-35-13-18;;;/h3-7,12-14,16-17H,8-11,15,34H2,1-2H3,(H,37,43);3*1H. The monoisotopic (exact) mass is 751 g/mol. The van der Waals surface area contributed by atoms with Crippen LogP contribution in [0.1, 0.15) is 39.2 Å². The SMILES string of the molecule is CC(N)C(=O)N1CCN(C(=O)c2ccc(NC(=O)c3ncc(-c4cn(Cc5cccnc5)nc4C(F)(F)F)n3C)cc2Cl)CC1.Cl.Cl.Cl. The number of nitrogens with one attached hydrogen (secondary N) is 1. The molecule has 1 aromatic carbocycles. The molecule has 19 heteroatoms. The van der Waals surface area contributed by atoms with E-state index in [0.29, 0.717) is 31.7 Å². The second kappa shape index (κ2) is 16.5. The van der Waals surface area contributed by atoms with Crippen molar-refractivity contribution in [2.75, 3.05) is 31.5 Å². The van der Waals surface area contributed by atoms with Crippen LogP contribution in [0.15, 0.2) is 55.1 Å². The van der Waals surface area contributed by atoms with Crippen molar-refractivity contribution in [3.05, 3.63) is 82.8 Å². The molecule has 1 aliphatic heterocycles. The zero-order valence-corrected chi connectivity index (χ0v) is 28.7. The van der Waals surface area contributed by atoms with Gasteiger partial charge < -0.3 is 25.4 Å². The van der Waals surface area contributed by atoms with Crippen molar-refractivity contribution < 1.29 is 27.6 Å². The quantitative estimate of drug-likeness (QED) is 0.282. The van der Waals surface area contributed by atoms with Crippen LogP contribution in [-0.4, -0.2) is 84.1 Å². The van der Waals surface area contributed by atoms with Gasteiger partial charge in [0.2, 0.25) is 5.91 Å². The molecule has 1 saturated heterocycles. The molecule has 4 heterocycles. The van der Waals surface area contributed by atoms with Crippen LogP contribution in [0.5, 0.6) is 0 Å². The number of carbonyl (C=O) groups excluding carboxylic acids is 3. The van der Waals surface area contributed by atoms with Crippen LogP contribution < -0.4 is 11.1 Å². The van der Waals surface area contributed by atoms with Gasteiger partial charge in [0.25, 0.3) is 11.8 Å². The zero-order valence-electron chi connectivity index (χ0n) is 25.5. The average Bonchev–Trinajstić information content (AvgIpc) is 3.60. The number of imidazole rings is 1. The largest absolute Gasteiger partial charge is 0.435 e. The Bertz CT molecular complexity index is 1740. The molecule has 0 spiro atoms. The second-order valence-electron chi connectivity index (χ2n) is 10.5. The lowest BCUT2D eigenvalue weighted by molar-refractivity contribution is -0.141. The van der Waals surface area contributed by atoms with E-state index in [1.54, 1.807) is 35.1 Å². The second-order valence-corrected chi connectivity index (χ2v) is 10.9. The Kier molecular flexibility index (Phi) is 13.8. The molecular formula is C29H32Cl4F3N9O3. The van der Waals surface area contributed by atoms with Crippen molar-refractivity contribution in [2.24, 2.45) is 12.8 Å². The summed E-state index contributed by atoms with van der Waals surface area (Å²) in [6.45, 7) is 2.98. The molecule has 0 saturated carbocycles. The number of nitrogens with zero attached hydrogens (tertiary/aromatic N) is 7. The van der Waals surface area contributed by atoms with Gasteiger partial charge in [-0.2, -0.15) is 18.3 Å². The number of halogens is 7. The summed E-state index contributed by atoms with van der Waals surface area (Å²) < 4.78 is 44.2. The highest BCUT2D eigenvalue weighted by molar-refractivity contribution is 6.34. The Morgan fingerprint density at radius 3 is 2.29 bits per heavy atom. The fourth-order valence-electron chi connectivity index (χ4n) is 4.99. The van der Waals surface area contributed by atoms with E-state index >= 15 is 0 Å². The Hall–Kier alpha value is -3.89. The maximum absolute atomic E-state index is 13.9. The third kappa shape index (κ3) is 8.76. The molecule has 0 bridgehead atoms. The molecule has 5 rings (SSSR count). The highest BCUT2D eigenvalue weighted by atomic mass is 35.5. The van der Waals surface area contributed by atoms with Gasteiger partial charge in [0.05, 0.1) is 40.6 Å². The van der Waals surface area contributed by atoms with Crippen molar-refractivity contribution in [2.45, 2.75) is 25.7 Å². The highest BCUT2D eigenvalue weighted by Crippen LogP contribution is 2.36. The molecule has 0 radical (unpaired) electrons. The normalized spacial score (nSPS) is 13.5. The Balaban J connectivity index is 0.00000267. The lowest BCUT2D eigenvalue weighted by atomic mass is 10.1. The fourth-order valence-corrected chi connectivity index (χ4v) is 5.25. The maximum atomic E-state index is 13.9. The Morgan fingerprint density at radius 1 is 1.04 bits per heavy atom. The number of carbonyl (C=O) groups is 3. The number of hydrogen-bond donors (Lipinski definition) is 2. The number of alkyl halides is 3. The maximum Gasteiger partial charge on any atom is 0.435 e. The van der Waals surface area contributed by atoms with E-state index in [1.807, 2.05) is 0 Å². The zero-order chi connectivity index (χ0) is 32.5. The van der Waals surface area contributed by atoms with Gasteiger partial charge in [-0.25, -0.2) is 4.98 Å². The topological polar surface area (TPSA) is 144 Å². The number of piperazine rings is 1. The summed E-state index contributed by atoms with van der Waals surface area (Å²) in [5.41, 5.74) is 5.47. The lowest BCUT2D eigenvalue weighted by Gasteiger charge is -2.35. The van der Waals surface area contributed by atoms with E-state index in [1.165, 1.54) is 48.4 Å². The Labute approximate surface area is 297 Å². The number of aromatic nitrogens is 5. The molecule has 1 unspecified atom stereocenters. The van der Waals surface area contributed by atoms with Crippen LogP contribution in [0, 0.1) is 0 Å². The summed E-state index contributed by atoms with van der Waals surface area (Å²) in [6.07, 6.45) is 0.754. The number of anilines is 1. The van der Waals surface area contributed by atoms with Crippen LogP contribution in [0.3, 0.4) is 0 Å². The molecule has 0 aliphatic carbocycles. The predicted octanol–water partition coefficient (Wildman–Crippen LogP) is 4.55. The van der Waals surface area contributed by atoms with Crippen LogP contribution in [-0.2, 0) is 24.6 Å². The van der Waals surface area contributed by atoms with Gasteiger partial charge in [-0.15, -0.1) is 37.2 Å². The molecule has 260 valence electrons. The molecule has 48 heavy (non-hydrogen) atoms. The third-order valence-corrected chi connectivity index (χ3v) is 7.60. The van der Waals surface area contributed by atoms with Gasteiger partial charge in [0, 0.05) is 57.5 Å². The van der Waals surface area contributed by atoms with Crippen molar-refractivity contribution in [1.29, 1.82) is 0 Å². The van der Waals surface area contributed by atoms with Gasteiger partial charge in [0.15, 0.2) is 11.5 Å². The molecule has 3 amide bonds. The number of nitrogens with two attached hydrogens (primary N) is 1. The van der Waals surface area contributed by atoms with Gasteiger partial charge in [-0.3, -0.25) is 24.0 Å². The minimum atomic E-state index is -4.76. The first-order valence-corrected chi connectivity index (χ1v) is 14.2. The first kappa shape index (κ1) is 40.3. The van der Waals surface area contributed by atoms with E-state index in [9.17, 15) is 27.6 Å². The molecule has 1 fully saturated rings. The third-order valence-electron chi connectivity index (χ3n) is 7.29. The molecule has 3 aromatic heterocycles. The fraction of sp³-hybridized carbons (Fsp3) is 0.310. The smallest absolute Gasteiger partial charge is 0.338 e. The van der Waals surface area contributed by atoms with Crippen LogP contribution >= 0.6 is 48.8 Å². The lowest BCUT2D eigenvalue weighted by Crippen LogP contribution is -2.53. The molecule has 12 nitrogen and oxygen atoms in total. The summed E-state index contributed by atoms with van der Waals surface area (Å²) in [6, 6.07) is 7.12. The molecule has 3 N–H and O–H groups in total. The number of amides is 3. The van der Waals surface area contributed by atoms with Crippen LogP contribution in [0.2, 0.25) is 5.02 Å². The van der Waals surface area contributed by atoms with E-state index in [4.69, 9.17) is 17.3 Å². The minimum absolute atomic E-state index is 0. The van der Waals surface area contributed by atoms with E-state index in [-0.39, 0.29) is 88.9 Å². The number of hydrogen-bond acceptors (Lipinski definition) is 7. The number of rotatable bonds is 7. The summed E-state index contributed by atoms with van der Waals surface area (Å²) in [5.74, 6) is -1.38. The van der Waals surface area contributed by atoms with Crippen molar-refractivity contribution in [3.63, 3.8) is 0 Å². The summed E-state index contributed by atoms with van der Waals surface area (Å²) in [4.78, 5) is 49.6. The van der Waals surface area contributed by atoms with Gasteiger partial charge in [-0.05, 0) is 36.8 Å². The summed E-state index contributed by atoms with van der Waals surface area (Å²) in [5, 5.41) is 6.47. The van der Waals surface area contributed by atoms with Gasteiger partial charge >= 0.3 is 6.18 Å². The first-order valence-electron chi connectivity index (χ1n) is 13.8. The molecule has 1 aliphatic rings. The van der Waals surface area contributed by atoms with Gasteiger partial charge in [-0.1, -0.05) is 17.7 Å². The number of pyridine rings is 1. The van der Waals surface area contributed by atoms with E-state index in [0.717, 1.165) is 4.68 Å². The summed E-state index contributed by atoms with van der Waals surface area (Å²) >= 11 is 6.41. The van der Waals surface area contributed by atoms with Crippen LogP contribution in [0.4, 0.5) is 18.9 Å². The molecule has 4 aromatic rings. The highest BCUT2D eigenvalue weighted by Gasteiger charge is 2.38. The molecule has 1 atom stereocenters. The predicted molar refractivity (Wildman–Crippen MR) is 180 cm³/mol. The first-order chi connectivity index (χ1) is 21.3. The van der Waals surface area contributed by atoms with Crippen molar-refractivity contribution >= 4 is 72.2 Å². The minimum Gasteiger partial charge on any atom is -0.338 e.